The molecule has 4 heteroatoms. The molecule has 0 bridgehead atoms. The molecular formula is C10H11ClN2O. The molecule has 1 unspecified atom stereocenters. The zero-order valence-corrected chi connectivity index (χ0v) is 8.80. The molecule has 1 atom stereocenters. The summed E-state index contributed by atoms with van der Waals surface area (Å²) in [7, 11) is 1.81. The quantitative estimate of drug-likeness (QED) is 0.612. The van der Waals surface area contributed by atoms with Crippen LogP contribution in [0.25, 0.3) is 11.1 Å². The zero-order valence-electron chi connectivity index (χ0n) is 8.04. The number of alkyl halides is 1. The number of hydrogen-bond donors (Lipinski definition) is 1. The normalized spacial score (nSPS) is 13.4. The molecule has 0 aliphatic rings. The number of rotatable bonds is 2. The van der Waals surface area contributed by atoms with Gasteiger partial charge >= 0.3 is 0 Å². The Morgan fingerprint density at radius 1 is 1.50 bits per heavy atom. The minimum absolute atomic E-state index is 0.190. The van der Waals surface area contributed by atoms with E-state index in [1.807, 2.05) is 32.2 Å². The second-order valence-electron chi connectivity index (χ2n) is 3.11. The van der Waals surface area contributed by atoms with Crippen molar-refractivity contribution in [3.63, 3.8) is 0 Å². The van der Waals surface area contributed by atoms with Crippen molar-refractivity contribution >= 4 is 22.7 Å². The first kappa shape index (κ1) is 9.49. The maximum absolute atomic E-state index is 6.02. The Balaban J connectivity index is 2.50. The summed E-state index contributed by atoms with van der Waals surface area (Å²) in [5.41, 5.74) is 2.44. The van der Waals surface area contributed by atoms with Crippen molar-refractivity contribution < 1.29 is 4.42 Å². The van der Waals surface area contributed by atoms with E-state index in [0.717, 1.165) is 16.7 Å². The monoisotopic (exact) mass is 210 g/mol. The first-order valence-corrected chi connectivity index (χ1v) is 4.83. The Bertz CT molecular complexity index is 452. The Hall–Kier alpha value is -1.06. The number of nitrogens with zero attached hydrogens (tertiary/aromatic N) is 1. The molecule has 0 aliphatic carbocycles. The number of halogens is 1. The highest BCUT2D eigenvalue weighted by atomic mass is 35.5. The molecule has 0 amide bonds. The highest BCUT2D eigenvalue weighted by molar-refractivity contribution is 6.20. The van der Waals surface area contributed by atoms with Gasteiger partial charge in [-0.1, -0.05) is 6.07 Å². The van der Waals surface area contributed by atoms with Crippen LogP contribution < -0.4 is 5.32 Å². The van der Waals surface area contributed by atoms with E-state index in [0.29, 0.717) is 5.89 Å². The summed E-state index contributed by atoms with van der Waals surface area (Å²) in [5.74, 6) is 0.674. The largest absolute Gasteiger partial charge is 0.441 e. The maximum atomic E-state index is 6.02. The van der Waals surface area contributed by atoms with Crippen LogP contribution in [-0.4, -0.2) is 12.0 Å². The van der Waals surface area contributed by atoms with Gasteiger partial charge in [0.2, 0.25) is 0 Å². The number of aryl methyl sites for hydroxylation is 1. The summed E-state index contributed by atoms with van der Waals surface area (Å²) in [6, 6.07) is 5.76. The number of nitrogens with one attached hydrogen (secondary N) is 1. The topological polar surface area (TPSA) is 38.1 Å². The van der Waals surface area contributed by atoms with Crippen molar-refractivity contribution in [1.29, 1.82) is 0 Å². The molecule has 1 aromatic heterocycles. The van der Waals surface area contributed by atoms with Gasteiger partial charge in [-0.15, -0.1) is 11.6 Å². The third-order valence-electron chi connectivity index (χ3n) is 2.07. The molecule has 0 radical (unpaired) electrons. The first-order chi connectivity index (χ1) is 6.70. The highest BCUT2D eigenvalue weighted by Crippen LogP contribution is 2.22. The fourth-order valence-electron chi connectivity index (χ4n) is 1.38. The smallest absolute Gasteiger partial charge is 0.192 e. The molecule has 14 heavy (non-hydrogen) atoms. The molecular weight excluding hydrogens is 200 g/mol. The molecule has 74 valence electrons. The van der Waals surface area contributed by atoms with Crippen molar-refractivity contribution in [3.8, 4) is 0 Å². The number of fused-ring (bicyclic) bond motifs is 1. The van der Waals surface area contributed by atoms with Crippen LogP contribution in [0.1, 0.15) is 17.0 Å². The molecule has 0 spiro atoms. The van der Waals surface area contributed by atoms with E-state index in [9.17, 15) is 0 Å². The summed E-state index contributed by atoms with van der Waals surface area (Å²) >= 11 is 6.02. The van der Waals surface area contributed by atoms with Crippen LogP contribution in [0.2, 0.25) is 0 Å². The second kappa shape index (κ2) is 3.59. The molecule has 0 saturated carbocycles. The summed E-state index contributed by atoms with van der Waals surface area (Å²) in [5, 5.41) is 2.96. The summed E-state index contributed by atoms with van der Waals surface area (Å²) < 4.78 is 5.41. The predicted octanol–water partition coefficient (Wildman–Crippen LogP) is 2.59. The summed E-state index contributed by atoms with van der Waals surface area (Å²) in [6.07, 6.45) is 0. The minimum atomic E-state index is -0.190. The van der Waals surface area contributed by atoms with Gasteiger partial charge in [0, 0.05) is 6.92 Å². The Morgan fingerprint density at radius 2 is 2.29 bits per heavy atom. The average Bonchev–Trinajstić information content (AvgIpc) is 2.55. The number of hydrogen-bond acceptors (Lipinski definition) is 3. The fourth-order valence-corrected chi connectivity index (χ4v) is 1.52. The lowest BCUT2D eigenvalue weighted by Crippen LogP contribution is -2.09. The number of benzene rings is 1. The average molecular weight is 211 g/mol. The predicted molar refractivity (Wildman–Crippen MR) is 56.4 cm³/mol. The van der Waals surface area contributed by atoms with E-state index < -0.39 is 0 Å². The van der Waals surface area contributed by atoms with Gasteiger partial charge in [0.1, 0.15) is 11.0 Å². The standard InChI is InChI=1S/C10H11ClN2O/c1-6-13-8-4-3-7(10(11)12-2)5-9(8)14-6/h3-5,10,12H,1-2H3. The Kier molecular flexibility index (Phi) is 2.44. The minimum Gasteiger partial charge on any atom is -0.441 e. The molecule has 1 heterocycles. The van der Waals surface area contributed by atoms with Gasteiger partial charge < -0.3 is 9.73 Å². The molecule has 3 nitrogen and oxygen atoms in total. The molecule has 2 aromatic rings. The molecule has 0 aliphatic heterocycles. The number of oxazole rings is 1. The van der Waals surface area contributed by atoms with Crippen molar-refractivity contribution in [1.82, 2.24) is 10.3 Å². The van der Waals surface area contributed by atoms with Gasteiger partial charge in [0.25, 0.3) is 0 Å². The van der Waals surface area contributed by atoms with Gasteiger partial charge in [-0.25, -0.2) is 4.98 Å². The van der Waals surface area contributed by atoms with Crippen molar-refractivity contribution in [3.05, 3.63) is 29.7 Å². The molecule has 0 fully saturated rings. The van der Waals surface area contributed by atoms with Crippen LogP contribution in [0.5, 0.6) is 0 Å². The lowest BCUT2D eigenvalue weighted by molar-refractivity contribution is 0.560. The first-order valence-electron chi connectivity index (χ1n) is 4.39. The van der Waals surface area contributed by atoms with E-state index in [1.165, 1.54) is 0 Å². The summed E-state index contributed by atoms with van der Waals surface area (Å²) in [6.45, 7) is 1.83. The van der Waals surface area contributed by atoms with Crippen molar-refractivity contribution in [2.45, 2.75) is 12.4 Å². The number of aromatic nitrogens is 1. The third-order valence-corrected chi connectivity index (χ3v) is 2.54. The highest BCUT2D eigenvalue weighted by Gasteiger charge is 2.08. The van der Waals surface area contributed by atoms with Crippen LogP contribution in [0, 0.1) is 6.92 Å². The fraction of sp³-hybridized carbons (Fsp3) is 0.300. The van der Waals surface area contributed by atoms with E-state index in [4.69, 9.17) is 16.0 Å². The second-order valence-corrected chi connectivity index (χ2v) is 3.55. The molecule has 1 N–H and O–H groups in total. The zero-order chi connectivity index (χ0) is 10.1. The van der Waals surface area contributed by atoms with Gasteiger partial charge in [-0.3, -0.25) is 0 Å². The van der Waals surface area contributed by atoms with Gasteiger partial charge in [-0.2, -0.15) is 0 Å². The lowest BCUT2D eigenvalue weighted by Gasteiger charge is -2.06. The lowest BCUT2D eigenvalue weighted by atomic mass is 10.2. The third kappa shape index (κ3) is 1.61. The van der Waals surface area contributed by atoms with Crippen molar-refractivity contribution in [2.24, 2.45) is 0 Å². The maximum Gasteiger partial charge on any atom is 0.192 e. The molecule has 1 aromatic carbocycles. The summed E-state index contributed by atoms with van der Waals surface area (Å²) in [4.78, 5) is 4.21. The van der Waals surface area contributed by atoms with Crippen LogP contribution in [0.3, 0.4) is 0 Å². The Morgan fingerprint density at radius 3 is 3.00 bits per heavy atom. The van der Waals surface area contributed by atoms with Gasteiger partial charge in [-0.05, 0) is 24.7 Å². The van der Waals surface area contributed by atoms with Crippen LogP contribution in [-0.2, 0) is 0 Å². The Labute approximate surface area is 87.1 Å². The molecule has 2 rings (SSSR count). The van der Waals surface area contributed by atoms with Crippen molar-refractivity contribution in [2.75, 3.05) is 7.05 Å². The van der Waals surface area contributed by atoms with Gasteiger partial charge in [0.15, 0.2) is 11.5 Å². The van der Waals surface area contributed by atoms with E-state index in [2.05, 4.69) is 10.3 Å². The van der Waals surface area contributed by atoms with Crippen LogP contribution in [0.15, 0.2) is 22.6 Å². The molecule has 0 saturated heterocycles. The van der Waals surface area contributed by atoms with Crippen LogP contribution >= 0.6 is 11.6 Å². The van der Waals surface area contributed by atoms with Gasteiger partial charge in [0.05, 0.1) is 0 Å². The SMILES string of the molecule is CNC(Cl)c1ccc2nc(C)oc2c1. The van der Waals surface area contributed by atoms with Crippen LogP contribution in [0.4, 0.5) is 0 Å². The van der Waals surface area contributed by atoms with E-state index in [-0.39, 0.29) is 5.50 Å². The van der Waals surface area contributed by atoms with E-state index >= 15 is 0 Å². The van der Waals surface area contributed by atoms with E-state index in [1.54, 1.807) is 0 Å².